The van der Waals surface area contributed by atoms with E-state index in [2.05, 4.69) is 4.74 Å². The van der Waals surface area contributed by atoms with Crippen LogP contribution in [0.4, 0.5) is 4.79 Å². The first kappa shape index (κ1) is 14.4. The summed E-state index contributed by atoms with van der Waals surface area (Å²) >= 11 is 0. The number of rotatable bonds is 2. The monoisotopic (exact) mass is 283 g/mol. The van der Waals surface area contributed by atoms with Crippen LogP contribution in [0.2, 0.25) is 0 Å². The van der Waals surface area contributed by atoms with Gasteiger partial charge in [-0.25, -0.2) is 9.59 Å². The lowest BCUT2D eigenvalue weighted by atomic mass is 9.84. The number of carbonyl (C=O) groups excluding carboxylic acids is 3. The van der Waals surface area contributed by atoms with Gasteiger partial charge in [0, 0.05) is 6.08 Å². The van der Waals surface area contributed by atoms with Crippen molar-refractivity contribution in [1.82, 2.24) is 4.90 Å². The van der Waals surface area contributed by atoms with E-state index in [1.54, 1.807) is 0 Å². The summed E-state index contributed by atoms with van der Waals surface area (Å²) in [4.78, 5) is 36.8. The van der Waals surface area contributed by atoms with Gasteiger partial charge in [0.25, 0.3) is 0 Å². The first-order valence-corrected chi connectivity index (χ1v) is 6.28. The van der Waals surface area contributed by atoms with Gasteiger partial charge in [0.1, 0.15) is 5.92 Å². The van der Waals surface area contributed by atoms with Gasteiger partial charge in [0.15, 0.2) is 0 Å². The van der Waals surface area contributed by atoms with Crippen molar-refractivity contribution in [2.75, 3.05) is 21.3 Å². The second-order valence-corrected chi connectivity index (χ2v) is 4.71. The summed E-state index contributed by atoms with van der Waals surface area (Å²) < 4.78 is 14.1. The highest BCUT2D eigenvalue weighted by Crippen LogP contribution is 2.46. The molecule has 1 amide bonds. The molecule has 7 nitrogen and oxygen atoms in total. The number of hydrogen-bond acceptors (Lipinski definition) is 6. The molecule has 0 spiro atoms. The largest absolute Gasteiger partial charge is 0.468 e. The number of ether oxygens (including phenoxy) is 3. The normalized spacial score (nSPS) is 29.4. The molecular formula is C13H17NO6. The van der Waals surface area contributed by atoms with E-state index < -0.39 is 23.9 Å². The average molecular weight is 283 g/mol. The number of hydrogen-bond donors (Lipinski definition) is 0. The molecular weight excluding hydrogens is 266 g/mol. The molecule has 2 heterocycles. The summed E-state index contributed by atoms with van der Waals surface area (Å²) in [6.07, 6.45) is 2.15. The first-order valence-electron chi connectivity index (χ1n) is 6.28. The Kier molecular flexibility index (Phi) is 3.96. The summed E-state index contributed by atoms with van der Waals surface area (Å²) in [5.41, 5.74) is 0.561. The van der Waals surface area contributed by atoms with Crippen molar-refractivity contribution in [2.24, 2.45) is 5.92 Å². The van der Waals surface area contributed by atoms with Crippen LogP contribution in [0.3, 0.4) is 0 Å². The van der Waals surface area contributed by atoms with Crippen LogP contribution in [0, 0.1) is 5.92 Å². The van der Waals surface area contributed by atoms with Crippen molar-refractivity contribution < 1.29 is 28.6 Å². The molecule has 0 aromatic heterocycles. The first-order chi connectivity index (χ1) is 9.54. The van der Waals surface area contributed by atoms with E-state index in [0.717, 1.165) is 0 Å². The number of amides is 1. The zero-order chi connectivity index (χ0) is 14.9. The summed E-state index contributed by atoms with van der Waals surface area (Å²) in [6.45, 7) is 0. The summed E-state index contributed by atoms with van der Waals surface area (Å²) in [6, 6.07) is -0.633. The number of methoxy groups -OCH3 is 3. The predicted molar refractivity (Wildman–Crippen MR) is 66.7 cm³/mol. The quantitative estimate of drug-likeness (QED) is 0.417. The summed E-state index contributed by atoms with van der Waals surface area (Å²) in [5.74, 6) is -1.63. The SMILES string of the molecule is COC(=O)/C=C1\[C@H]2CC[C@@H]([C@H]1C(=O)OC)N2C(=O)OC. The van der Waals surface area contributed by atoms with Crippen molar-refractivity contribution in [3.05, 3.63) is 11.6 Å². The standard InChI is InChI=1S/C13H17NO6/c1-18-10(15)6-7-8-4-5-9(11(7)12(16)19-2)14(8)13(17)20-3/h6,8-9,11H,4-5H2,1-3H3/b7-6+/t8-,9+,11+/m1/s1. The molecule has 0 unspecified atom stereocenters. The molecule has 2 rings (SSSR count). The Bertz CT molecular complexity index is 471. The maximum absolute atomic E-state index is 11.9. The van der Waals surface area contributed by atoms with Crippen molar-refractivity contribution in [1.29, 1.82) is 0 Å². The Morgan fingerprint density at radius 3 is 2.35 bits per heavy atom. The topological polar surface area (TPSA) is 82.1 Å². The Balaban J connectivity index is 2.38. The van der Waals surface area contributed by atoms with Crippen LogP contribution < -0.4 is 0 Å². The van der Waals surface area contributed by atoms with E-state index in [1.807, 2.05) is 0 Å². The van der Waals surface area contributed by atoms with Gasteiger partial charge in [-0.2, -0.15) is 0 Å². The van der Waals surface area contributed by atoms with Crippen LogP contribution in [0.25, 0.3) is 0 Å². The lowest BCUT2D eigenvalue weighted by molar-refractivity contribution is -0.144. The summed E-state index contributed by atoms with van der Waals surface area (Å²) in [5, 5.41) is 0. The minimum absolute atomic E-state index is 0.310. The van der Waals surface area contributed by atoms with Crippen molar-refractivity contribution in [2.45, 2.75) is 24.9 Å². The fourth-order valence-corrected chi connectivity index (χ4v) is 3.09. The zero-order valence-electron chi connectivity index (χ0n) is 11.6. The van der Waals surface area contributed by atoms with E-state index in [4.69, 9.17) is 9.47 Å². The third-order valence-corrected chi connectivity index (χ3v) is 3.88. The number of fused-ring (bicyclic) bond motifs is 2. The molecule has 0 aromatic rings. The van der Waals surface area contributed by atoms with Gasteiger partial charge < -0.3 is 14.2 Å². The average Bonchev–Trinajstić information content (AvgIpc) is 3.01. The van der Waals surface area contributed by atoms with Crippen LogP contribution in [-0.4, -0.2) is 56.3 Å². The molecule has 7 heteroatoms. The molecule has 20 heavy (non-hydrogen) atoms. The Hall–Kier alpha value is -2.05. The van der Waals surface area contributed by atoms with Gasteiger partial charge in [-0.05, 0) is 18.4 Å². The highest BCUT2D eigenvalue weighted by molar-refractivity contribution is 5.88. The molecule has 2 aliphatic rings. The number of nitrogens with zero attached hydrogens (tertiary/aromatic N) is 1. The Morgan fingerprint density at radius 1 is 1.10 bits per heavy atom. The molecule has 2 saturated heterocycles. The maximum atomic E-state index is 11.9. The minimum atomic E-state index is -0.628. The second-order valence-electron chi connectivity index (χ2n) is 4.71. The molecule has 0 aromatic carbocycles. The lowest BCUT2D eigenvalue weighted by Crippen LogP contribution is -2.37. The molecule has 0 radical (unpaired) electrons. The molecule has 0 aliphatic carbocycles. The van der Waals surface area contributed by atoms with E-state index in [-0.39, 0.29) is 12.1 Å². The van der Waals surface area contributed by atoms with Gasteiger partial charge in [-0.1, -0.05) is 0 Å². The van der Waals surface area contributed by atoms with Gasteiger partial charge in [0.05, 0.1) is 33.4 Å². The predicted octanol–water partition coefficient (Wildman–Crippen LogP) is 0.488. The summed E-state index contributed by atoms with van der Waals surface area (Å²) in [7, 11) is 3.83. The van der Waals surface area contributed by atoms with Crippen molar-refractivity contribution in [3.63, 3.8) is 0 Å². The lowest BCUT2D eigenvalue weighted by Gasteiger charge is -2.21. The van der Waals surface area contributed by atoms with Gasteiger partial charge in [-0.15, -0.1) is 0 Å². The third kappa shape index (κ3) is 2.13. The molecule has 3 atom stereocenters. The smallest absolute Gasteiger partial charge is 0.410 e. The Morgan fingerprint density at radius 2 is 1.80 bits per heavy atom. The number of carbonyl (C=O) groups is 3. The highest BCUT2D eigenvalue weighted by Gasteiger charge is 2.55. The van der Waals surface area contributed by atoms with E-state index in [0.29, 0.717) is 18.4 Å². The van der Waals surface area contributed by atoms with Crippen LogP contribution in [-0.2, 0) is 23.8 Å². The maximum Gasteiger partial charge on any atom is 0.410 e. The van der Waals surface area contributed by atoms with E-state index >= 15 is 0 Å². The van der Waals surface area contributed by atoms with Gasteiger partial charge in [0.2, 0.25) is 0 Å². The zero-order valence-corrected chi connectivity index (χ0v) is 11.6. The van der Waals surface area contributed by atoms with Crippen LogP contribution in [0.5, 0.6) is 0 Å². The van der Waals surface area contributed by atoms with Crippen LogP contribution in [0.15, 0.2) is 11.6 Å². The van der Waals surface area contributed by atoms with E-state index in [9.17, 15) is 14.4 Å². The Labute approximate surface area is 116 Å². The second kappa shape index (κ2) is 5.52. The molecule has 110 valence electrons. The van der Waals surface area contributed by atoms with Gasteiger partial charge >= 0.3 is 18.0 Å². The molecule has 2 bridgehead atoms. The van der Waals surface area contributed by atoms with Crippen LogP contribution >= 0.6 is 0 Å². The van der Waals surface area contributed by atoms with Crippen LogP contribution in [0.1, 0.15) is 12.8 Å². The van der Waals surface area contributed by atoms with Crippen molar-refractivity contribution in [3.8, 4) is 0 Å². The fraction of sp³-hybridized carbons (Fsp3) is 0.615. The van der Waals surface area contributed by atoms with Crippen molar-refractivity contribution >= 4 is 18.0 Å². The molecule has 0 saturated carbocycles. The third-order valence-electron chi connectivity index (χ3n) is 3.88. The molecule has 0 N–H and O–H groups in total. The van der Waals surface area contributed by atoms with Gasteiger partial charge in [-0.3, -0.25) is 9.69 Å². The van der Waals surface area contributed by atoms with E-state index in [1.165, 1.54) is 32.3 Å². The molecule has 2 aliphatic heterocycles. The molecule has 2 fully saturated rings. The number of esters is 2. The fourth-order valence-electron chi connectivity index (χ4n) is 3.09. The highest BCUT2D eigenvalue weighted by atomic mass is 16.5. The minimum Gasteiger partial charge on any atom is -0.468 e.